The van der Waals surface area contributed by atoms with Gasteiger partial charge in [0.25, 0.3) is 5.91 Å². The van der Waals surface area contributed by atoms with E-state index >= 15 is 0 Å². The van der Waals surface area contributed by atoms with Crippen molar-refractivity contribution >= 4 is 5.91 Å². The molecule has 1 unspecified atom stereocenters. The predicted octanol–water partition coefficient (Wildman–Crippen LogP) is 0.361. The van der Waals surface area contributed by atoms with Crippen molar-refractivity contribution in [2.75, 3.05) is 26.2 Å². The first-order valence-electron chi connectivity index (χ1n) is 6.15. The molecule has 17 heavy (non-hydrogen) atoms. The highest BCUT2D eigenvalue weighted by Crippen LogP contribution is 2.16. The molecule has 1 fully saturated rings. The van der Waals surface area contributed by atoms with Gasteiger partial charge in [-0.05, 0) is 19.5 Å². The van der Waals surface area contributed by atoms with E-state index in [4.69, 9.17) is 0 Å². The number of H-pyrrole nitrogens is 1. The van der Waals surface area contributed by atoms with Crippen LogP contribution in [0.2, 0.25) is 0 Å². The summed E-state index contributed by atoms with van der Waals surface area (Å²) in [4.78, 5) is 16.3. The summed E-state index contributed by atoms with van der Waals surface area (Å²) in [5.74, 6) is -0.0200. The van der Waals surface area contributed by atoms with Gasteiger partial charge in [0.15, 0.2) is 5.69 Å². The molecule has 0 aromatic carbocycles. The lowest BCUT2D eigenvalue weighted by Crippen LogP contribution is -2.38. The second-order valence-corrected chi connectivity index (χ2v) is 4.27. The Balaban J connectivity index is 1.96. The SMILES string of the molecule is CCN(CC)C1CCN(C(=O)c2cn[nH]n2)C1. The van der Waals surface area contributed by atoms with Gasteiger partial charge in [-0.2, -0.15) is 15.4 Å². The Labute approximate surface area is 101 Å². The zero-order chi connectivity index (χ0) is 12.3. The highest BCUT2D eigenvalue weighted by atomic mass is 16.2. The Morgan fingerprint density at radius 3 is 2.94 bits per heavy atom. The molecule has 6 heteroatoms. The van der Waals surface area contributed by atoms with Gasteiger partial charge < -0.3 is 4.90 Å². The molecule has 0 spiro atoms. The topological polar surface area (TPSA) is 65.1 Å². The molecule has 94 valence electrons. The standard InChI is InChI=1S/C11H19N5O/c1-3-15(4-2)9-5-6-16(8-9)11(17)10-7-12-14-13-10/h7,9H,3-6,8H2,1-2H3,(H,12,13,14). The first-order chi connectivity index (χ1) is 8.26. The summed E-state index contributed by atoms with van der Waals surface area (Å²) in [6, 6.07) is 0.487. The van der Waals surface area contributed by atoms with Crippen LogP contribution >= 0.6 is 0 Å². The second-order valence-electron chi connectivity index (χ2n) is 4.27. The van der Waals surface area contributed by atoms with Gasteiger partial charge in [-0.3, -0.25) is 9.69 Å². The van der Waals surface area contributed by atoms with Crippen LogP contribution in [0.15, 0.2) is 6.20 Å². The lowest BCUT2D eigenvalue weighted by atomic mass is 10.2. The first kappa shape index (κ1) is 12.0. The zero-order valence-electron chi connectivity index (χ0n) is 10.4. The molecule has 1 N–H and O–H groups in total. The normalized spacial score (nSPS) is 20.2. The Morgan fingerprint density at radius 1 is 1.59 bits per heavy atom. The highest BCUT2D eigenvalue weighted by molar-refractivity contribution is 5.92. The van der Waals surface area contributed by atoms with E-state index in [0.29, 0.717) is 11.7 Å². The van der Waals surface area contributed by atoms with Gasteiger partial charge in [0.05, 0.1) is 6.20 Å². The predicted molar refractivity (Wildman–Crippen MR) is 63.6 cm³/mol. The Bertz CT molecular complexity index is 360. The fraction of sp³-hybridized carbons (Fsp3) is 0.727. The average Bonchev–Trinajstić information content (AvgIpc) is 3.01. The van der Waals surface area contributed by atoms with E-state index in [1.165, 1.54) is 6.20 Å². The van der Waals surface area contributed by atoms with Crippen LogP contribution in [-0.4, -0.2) is 63.3 Å². The number of nitrogens with one attached hydrogen (secondary N) is 1. The van der Waals surface area contributed by atoms with Gasteiger partial charge in [0, 0.05) is 19.1 Å². The van der Waals surface area contributed by atoms with Crippen molar-refractivity contribution < 1.29 is 4.79 Å². The fourth-order valence-electron chi connectivity index (χ4n) is 2.43. The Hall–Kier alpha value is -1.43. The number of hydrogen-bond donors (Lipinski definition) is 1. The van der Waals surface area contributed by atoms with Gasteiger partial charge in [-0.15, -0.1) is 0 Å². The largest absolute Gasteiger partial charge is 0.336 e. The van der Waals surface area contributed by atoms with Crippen LogP contribution in [0, 0.1) is 0 Å². The van der Waals surface area contributed by atoms with Crippen molar-refractivity contribution in [3.63, 3.8) is 0 Å². The summed E-state index contributed by atoms with van der Waals surface area (Å²) in [5.41, 5.74) is 0.408. The van der Waals surface area contributed by atoms with Crippen molar-refractivity contribution in [1.82, 2.24) is 25.2 Å². The minimum absolute atomic E-state index is 0.0200. The monoisotopic (exact) mass is 237 g/mol. The van der Waals surface area contributed by atoms with E-state index in [2.05, 4.69) is 34.2 Å². The summed E-state index contributed by atoms with van der Waals surface area (Å²) >= 11 is 0. The van der Waals surface area contributed by atoms with Gasteiger partial charge >= 0.3 is 0 Å². The van der Waals surface area contributed by atoms with Crippen LogP contribution in [0.3, 0.4) is 0 Å². The number of nitrogens with zero attached hydrogens (tertiary/aromatic N) is 4. The first-order valence-corrected chi connectivity index (χ1v) is 6.15. The van der Waals surface area contributed by atoms with Crippen LogP contribution < -0.4 is 0 Å². The van der Waals surface area contributed by atoms with Gasteiger partial charge in [-0.1, -0.05) is 13.8 Å². The number of aromatic nitrogens is 3. The zero-order valence-corrected chi connectivity index (χ0v) is 10.4. The molecule has 1 atom stereocenters. The average molecular weight is 237 g/mol. The third-order valence-corrected chi connectivity index (χ3v) is 3.41. The van der Waals surface area contributed by atoms with E-state index in [1.807, 2.05) is 4.90 Å². The Kier molecular flexibility index (Phi) is 3.73. The quantitative estimate of drug-likeness (QED) is 0.821. The smallest absolute Gasteiger partial charge is 0.276 e. The molecule has 1 saturated heterocycles. The van der Waals surface area contributed by atoms with Crippen molar-refractivity contribution in [3.8, 4) is 0 Å². The molecule has 1 amide bonds. The van der Waals surface area contributed by atoms with Crippen LogP contribution in [-0.2, 0) is 0 Å². The van der Waals surface area contributed by atoms with Crippen molar-refractivity contribution in [3.05, 3.63) is 11.9 Å². The van der Waals surface area contributed by atoms with E-state index in [9.17, 15) is 4.79 Å². The van der Waals surface area contributed by atoms with Gasteiger partial charge in [0.1, 0.15) is 0 Å². The molecule has 0 bridgehead atoms. The minimum Gasteiger partial charge on any atom is -0.336 e. The van der Waals surface area contributed by atoms with E-state index < -0.39 is 0 Å². The van der Waals surface area contributed by atoms with Crippen LogP contribution in [0.5, 0.6) is 0 Å². The Morgan fingerprint density at radius 2 is 2.35 bits per heavy atom. The van der Waals surface area contributed by atoms with Gasteiger partial charge in [-0.25, -0.2) is 0 Å². The number of carbonyl (C=O) groups excluding carboxylic acids is 1. The molecule has 2 rings (SSSR count). The van der Waals surface area contributed by atoms with E-state index in [0.717, 1.165) is 32.6 Å². The summed E-state index contributed by atoms with van der Waals surface area (Å²) in [6.45, 7) is 8.00. The van der Waals surface area contributed by atoms with E-state index in [1.54, 1.807) is 0 Å². The molecule has 1 aromatic heterocycles. The number of rotatable bonds is 4. The van der Waals surface area contributed by atoms with Crippen molar-refractivity contribution in [2.24, 2.45) is 0 Å². The number of likely N-dealkylation sites (tertiary alicyclic amines) is 1. The molecule has 1 aromatic rings. The molecule has 1 aliphatic rings. The lowest BCUT2D eigenvalue weighted by Gasteiger charge is -2.25. The fourth-order valence-corrected chi connectivity index (χ4v) is 2.43. The van der Waals surface area contributed by atoms with Crippen LogP contribution in [0.4, 0.5) is 0 Å². The minimum atomic E-state index is -0.0200. The molecule has 6 nitrogen and oxygen atoms in total. The summed E-state index contributed by atoms with van der Waals surface area (Å²) in [7, 11) is 0. The molecular formula is C11H19N5O. The molecule has 0 aliphatic carbocycles. The number of hydrogen-bond acceptors (Lipinski definition) is 4. The van der Waals surface area contributed by atoms with Gasteiger partial charge in [0.2, 0.25) is 0 Å². The van der Waals surface area contributed by atoms with Crippen LogP contribution in [0.25, 0.3) is 0 Å². The highest BCUT2D eigenvalue weighted by Gasteiger charge is 2.30. The lowest BCUT2D eigenvalue weighted by molar-refractivity contribution is 0.0772. The molecule has 0 saturated carbocycles. The van der Waals surface area contributed by atoms with Crippen molar-refractivity contribution in [1.29, 1.82) is 0 Å². The number of amides is 1. The molecule has 1 aliphatic heterocycles. The summed E-state index contributed by atoms with van der Waals surface area (Å²) < 4.78 is 0. The van der Waals surface area contributed by atoms with E-state index in [-0.39, 0.29) is 5.91 Å². The summed E-state index contributed by atoms with van der Waals surface area (Å²) in [6.07, 6.45) is 2.53. The molecule has 0 radical (unpaired) electrons. The number of aromatic amines is 1. The maximum Gasteiger partial charge on any atom is 0.276 e. The molecular weight excluding hydrogens is 218 g/mol. The third-order valence-electron chi connectivity index (χ3n) is 3.41. The third kappa shape index (κ3) is 2.46. The molecule has 2 heterocycles. The number of likely N-dealkylation sites (N-methyl/N-ethyl adjacent to an activating group) is 1. The maximum atomic E-state index is 12.0. The van der Waals surface area contributed by atoms with Crippen molar-refractivity contribution in [2.45, 2.75) is 26.3 Å². The summed E-state index contributed by atoms with van der Waals surface area (Å²) in [5, 5.41) is 9.97. The second kappa shape index (κ2) is 5.27. The number of carbonyl (C=O) groups is 1. The maximum absolute atomic E-state index is 12.0. The van der Waals surface area contributed by atoms with Crippen LogP contribution in [0.1, 0.15) is 30.8 Å².